The molecule has 0 atom stereocenters. The number of aromatic nitrogens is 1. The van der Waals surface area contributed by atoms with Crippen molar-refractivity contribution in [2.45, 2.75) is 0 Å². The Balaban J connectivity index is 2.30. The van der Waals surface area contributed by atoms with Gasteiger partial charge in [-0.1, -0.05) is 0 Å². The van der Waals surface area contributed by atoms with Gasteiger partial charge in [0.25, 0.3) is 0 Å². The van der Waals surface area contributed by atoms with Gasteiger partial charge in [-0.25, -0.2) is 4.98 Å². The molecule has 6 heteroatoms. The lowest BCUT2D eigenvalue weighted by molar-refractivity contribution is -0.119. The molecular weight excluding hydrogens is 220 g/mol. The number of hydrogen-bond acceptors (Lipinski definition) is 5. The molecule has 0 aliphatic carbocycles. The molecule has 1 heterocycles. The van der Waals surface area contributed by atoms with Crippen LogP contribution in [0.25, 0.3) is 0 Å². The molecule has 1 aromatic rings. The summed E-state index contributed by atoms with van der Waals surface area (Å²) >= 11 is 0. The summed E-state index contributed by atoms with van der Waals surface area (Å²) in [6.07, 6.45) is 1.51. The van der Waals surface area contributed by atoms with Gasteiger partial charge >= 0.3 is 0 Å². The van der Waals surface area contributed by atoms with Crippen LogP contribution in [0.5, 0.6) is 0 Å². The first-order valence-electron chi connectivity index (χ1n) is 5.12. The molecule has 1 rings (SSSR count). The third-order valence-electron chi connectivity index (χ3n) is 1.96. The summed E-state index contributed by atoms with van der Waals surface area (Å²) in [6, 6.07) is 5.21. The van der Waals surface area contributed by atoms with E-state index in [4.69, 9.17) is 10.00 Å². The summed E-state index contributed by atoms with van der Waals surface area (Å²) in [5, 5.41) is 14.1. The van der Waals surface area contributed by atoms with Crippen molar-refractivity contribution in [3.05, 3.63) is 24.0 Å². The summed E-state index contributed by atoms with van der Waals surface area (Å²) < 4.78 is 4.80. The zero-order chi connectivity index (χ0) is 12.5. The third-order valence-corrected chi connectivity index (χ3v) is 1.96. The highest BCUT2D eigenvalue weighted by atomic mass is 16.5. The Morgan fingerprint density at radius 1 is 1.59 bits per heavy atom. The first kappa shape index (κ1) is 12.9. The van der Waals surface area contributed by atoms with Gasteiger partial charge in [-0.3, -0.25) is 4.79 Å². The van der Waals surface area contributed by atoms with Crippen LogP contribution >= 0.6 is 0 Å². The van der Waals surface area contributed by atoms with Gasteiger partial charge in [-0.2, -0.15) is 5.26 Å². The second-order valence-electron chi connectivity index (χ2n) is 3.24. The number of carbonyl (C=O) groups is 1. The first-order chi connectivity index (χ1) is 8.26. The van der Waals surface area contributed by atoms with E-state index in [2.05, 4.69) is 15.6 Å². The summed E-state index contributed by atoms with van der Waals surface area (Å²) in [4.78, 5) is 15.2. The highest BCUT2D eigenvalue weighted by Crippen LogP contribution is 2.04. The molecule has 0 radical (unpaired) electrons. The molecule has 0 aliphatic heterocycles. The first-order valence-corrected chi connectivity index (χ1v) is 5.12. The van der Waals surface area contributed by atoms with E-state index in [-0.39, 0.29) is 12.5 Å². The van der Waals surface area contributed by atoms with Crippen molar-refractivity contribution in [3.8, 4) is 6.07 Å². The van der Waals surface area contributed by atoms with Crippen molar-refractivity contribution >= 4 is 11.6 Å². The quantitative estimate of drug-likeness (QED) is 0.683. The van der Waals surface area contributed by atoms with Gasteiger partial charge in [0.1, 0.15) is 11.8 Å². The average Bonchev–Trinajstić information content (AvgIpc) is 2.37. The van der Waals surface area contributed by atoms with Crippen LogP contribution in [0, 0.1) is 11.3 Å². The number of methoxy groups -OCH3 is 1. The molecule has 0 aliphatic rings. The Morgan fingerprint density at radius 2 is 2.41 bits per heavy atom. The molecule has 0 saturated carbocycles. The number of ether oxygens (including phenoxy) is 1. The Hall–Kier alpha value is -2.13. The third kappa shape index (κ3) is 4.95. The van der Waals surface area contributed by atoms with Crippen molar-refractivity contribution < 1.29 is 9.53 Å². The second kappa shape index (κ2) is 7.19. The monoisotopic (exact) mass is 234 g/mol. The lowest BCUT2D eigenvalue weighted by Crippen LogP contribution is -2.32. The molecule has 2 N–H and O–H groups in total. The smallest absolute Gasteiger partial charge is 0.239 e. The molecule has 0 bridgehead atoms. The normalized spacial score (nSPS) is 9.41. The summed E-state index contributed by atoms with van der Waals surface area (Å²) in [6.45, 7) is 1.14. The molecule has 17 heavy (non-hydrogen) atoms. The van der Waals surface area contributed by atoms with Crippen molar-refractivity contribution in [2.75, 3.05) is 32.1 Å². The van der Waals surface area contributed by atoms with Gasteiger partial charge in [0.15, 0.2) is 0 Å². The largest absolute Gasteiger partial charge is 0.383 e. The van der Waals surface area contributed by atoms with E-state index >= 15 is 0 Å². The van der Waals surface area contributed by atoms with Crippen LogP contribution in [0.2, 0.25) is 0 Å². The Kier molecular flexibility index (Phi) is 5.47. The number of hydrogen-bond donors (Lipinski definition) is 2. The molecule has 0 unspecified atom stereocenters. The van der Waals surface area contributed by atoms with Crippen LogP contribution in [-0.4, -0.2) is 37.7 Å². The van der Waals surface area contributed by atoms with Crippen LogP contribution in [0.1, 0.15) is 5.69 Å². The van der Waals surface area contributed by atoms with E-state index < -0.39 is 0 Å². The van der Waals surface area contributed by atoms with Crippen LogP contribution in [0.4, 0.5) is 5.69 Å². The SMILES string of the molecule is COCCNC(=O)CNc1ccc(C#N)nc1. The Morgan fingerprint density at radius 3 is 3.00 bits per heavy atom. The minimum atomic E-state index is -0.119. The van der Waals surface area contributed by atoms with Gasteiger partial charge in [-0.15, -0.1) is 0 Å². The lowest BCUT2D eigenvalue weighted by atomic mass is 10.3. The fraction of sp³-hybridized carbons (Fsp3) is 0.364. The van der Waals surface area contributed by atoms with E-state index in [9.17, 15) is 4.79 Å². The number of nitrogens with one attached hydrogen (secondary N) is 2. The van der Waals surface area contributed by atoms with E-state index in [1.165, 1.54) is 6.20 Å². The van der Waals surface area contributed by atoms with Gasteiger partial charge in [-0.05, 0) is 12.1 Å². The number of amides is 1. The maximum Gasteiger partial charge on any atom is 0.239 e. The standard InChI is InChI=1S/C11H14N4O2/c1-17-5-4-13-11(16)8-15-10-3-2-9(6-12)14-7-10/h2-3,7,15H,4-5,8H2,1H3,(H,13,16). The highest BCUT2D eigenvalue weighted by molar-refractivity contribution is 5.80. The number of pyridine rings is 1. The molecule has 0 spiro atoms. The molecule has 0 fully saturated rings. The molecule has 90 valence electrons. The Labute approximate surface area is 99.6 Å². The molecular formula is C11H14N4O2. The van der Waals surface area contributed by atoms with Gasteiger partial charge in [0.05, 0.1) is 25.0 Å². The van der Waals surface area contributed by atoms with Crippen LogP contribution in [0.3, 0.4) is 0 Å². The second-order valence-corrected chi connectivity index (χ2v) is 3.24. The Bertz CT molecular complexity index is 397. The van der Waals surface area contributed by atoms with Crippen LogP contribution in [0.15, 0.2) is 18.3 Å². The summed E-state index contributed by atoms with van der Waals surface area (Å²) in [5.41, 5.74) is 1.05. The highest BCUT2D eigenvalue weighted by Gasteiger charge is 2.00. The summed E-state index contributed by atoms with van der Waals surface area (Å²) in [7, 11) is 1.58. The predicted octanol–water partition coefficient (Wildman–Crippen LogP) is 0.128. The van der Waals surface area contributed by atoms with Crippen LogP contribution < -0.4 is 10.6 Å². The molecule has 1 amide bonds. The summed E-state index contributed by atoms with van der Waals surface area (Å²) in [5.74, 6) is -0.119. The number of nitrogens with zero attached hydrogens (tertiary/aromatic N) is 2. The fourth-order valence-corrected chi connectivity index (χ4v) is 1.10. The zero-order valence-corrected chi connectivity index (χ0v) is 9.56. The minimum absolute atomic E-state index is 0.119. The topological polar surface area (TPSA) is 87.0 Å². The minimum Gasteiger partial charge on any atom is -0.383 e. The maximum absolute atomic E-state index is 11.3. The van der Waals surface area contributed by atoms with E-state index in [0.29, 0.717) is 24.5 Å². The average molecular weight is 234 g/mol. The van der Waals surface area contributed by atoms with Crippen LogP contribution in [-0.2, 0) is 9.53 Å². The number of nitriles is 1. The molecule has 0 aromatic carbocycles. The van der Waals surface area contributed by atoms with Gasteiger partial charge in [0.2, 0.25) is 5.91 Å². The van der Waals surface area contributed by atoms with E-state index in [1.54, 1.807) is 19.2 Å². The number of carbonyl (C=O) groups excluding carboxylic acids is 1. The predicted molar refractivity (Wildman–Crippen MR) is 62.3 cm³/mol. The maximum atomic E-state index is 11.3. The molecule has 1 aromatic heterocycles. The van der Waals surface area contributed by atoms with E-state index in [1.807, 2.05) is 6.07 Å². The number of rotatable bonds is 6. The zero-order valence-electron chi connectivity index (χ0n) is 9.56. The number of anilines is 1. The van der Waals surface area contributed by atoms with E-state index in [0.717, 1.165) is 0 Å². The molecule has 0 saturated heterocycles. The fourth-order valence-electron chi connectivity index (χ4n) is 1.10. The van der Waals surface area contributed by atoms with Crippen molar-refractivity contribution in [2.24, 2.45) is 0 Å². The van der Waals surface area contributed by atoms with Crippen molar-refractivity contribution in [1.29, 1.82) is 5.26 Å². The van der Waals surface area contributed by atoms with Gasteiger partial charge < -0.3 is 15.4 Å². The molecule has 6 nitrogen and oxygen atoms in total. The lowest BCUT2D eigenvalue weighted by Gasteiger charge is -2.06. The van der Waals surface area contributed by atoms with Crippen molar-refractivity contribution in [3.63, 3.8) is 0 Å². The van der Waals surface area contributed by atoms with Crippen molar-refractivity contribution in [1.82, 2.24) is 10.3 Å². The van der Waals surface area contributed by atoms with Gasteiger partial charge in [0, 0.05) is 13.7 Å².